The van der Waals surface area contributed by atoms with E-state index in [9.17, 15) is 9.90 Å². The molecule has 3 heterocycles. The van der Waals surface area contributed by atoms with E-state index in [1.165, 1.54) is 11.3 Å². The number of carbonyl (C=O) groups excluding carboxylic acids is 1. The third-order valence-corrected chi connectivity index (χ3v) is 3.74. The summed E-state index contributed by atoms with van der Waals surface area (Å²) < 4.78 is 0. The van der Waals surface area contributed by atoms with Crippen molar-refractivity contribution in [2.45, 2.75) is 6.42 Å². The standard InChI is InChI=1S/C14H11N5O2S/c20-12(6-13(21)14-16-18-19-17-14)11-8-22-7-9(11)5-10-3-1-2-4-15-10/h1-4,6-8,21H,5H2,(H,16,17,18,19). The average Bonchev–Trinajstić information content (AvgIpc) is 3.19. The van der Waals surface area contributed by atoms with E-state index in [2.05, 4.69) is 25.6 Å². The lowest BCUT2D eigenvalue weighted by molar-refractivity contribution is 0.104. The molecule has 0 saturated heterocycles. The molecule has 0 aliphatic carbocycles. The number of pyridine rings is 1. The molecule has 0 aliphatic rings. The molecule has 8 heteroatoms. The van der Waals surface area contributed by atoms with Crippen LogP contribution in [0, 0.1) is 0 Å². The third kappa shape index (κ3) is 3.07. The summed E-state index contributed by atoms with van der Waals surface area (Å²) in [7, 11) is 0. The number of rotatable bonds is 5. The van der Waals surface area contributed by atoms with E-state index in [1.54, 1.807) is 11.6 Å². The van der Waals surface area contributed by atoms with Gasteiger partial charge in [0, 0.05) is 35.3 Å². The monoisotopic (exact) mass is 313 g/mol. The van der Waals surface area contributed by atoms with Gasteiger partial charge in [-0.05, 0) is 28.3 Å². The Morgan fingerprint density at radius 1 is 1.36 bits per heavy atom. The van der Waals surface area contributed by atoms with E-state index in [0.29, 0.717) is 12.0 Å². The van der Waals surface area contributed by atoms with Gasteiger partial charge in [-0.25, -0.2) is 0 Å². The van der Waals surface area contributed by atoms with Crippen LogP contribution >= 0.6 is 11.3 Å². The van der Waals surface area contributed by atoms with E-state index in [0.717, 1.165) is 17.3 Å². The Labute approximate surface area is 129 Å². The molecule has 3 rings (SSSR count). The average molecular weight is 313 g/mol. The van der Waals surface area contributed by atoms with Crippen LogP contribution < -0.4 is 0 Å². The van der Waals surface area contributed by atoms with Crippen molar-refractivity contribution in [3.05, 3.63) is 63.9 Å². The number of nitrogens with zero attached hydrogens (tertiary/aromatic N) is 4. The molecule has 0 amide bonds. The summed E-state index contributed by atoms with van der Waals surface area (Å²) in [6.07, 6.45) is 3.36. The number of nitrogens with one attached hydrogen (secondary N) is 1. The maximum atomic E-state index is 12.3. The van der Waals surface area contributed by atoms with E-state index in [4.69, 9.17) is 0 Å². The van der Waals surface area contributed by atoms with Gasteiger partial charge in [-0.1, -0.05) is 6.07 Å². The Morgan fingerprint density at radius 2 is 2.27 bits per heavy atom. The molecule has 0 bridgehead atoms. The van der Waals surface area contributed by atoms with Crippen molar-refractivity contribution in [1.82, 2.24) is 25.6 Å². The molecular weight excluding hydrogens is 302 g/mol. The number of aromatic nitrogens is 5. The molecule has 0 fully saturated rings. The number of aromatic amines is 1. The fraction of sp³-hybridized carbons (Fsp3) is 0.0714. The predicted octanol–water partition coefficient (Wildman–Crippen LogP) is 2.03. The van der Waals surface area contributed by atoms with Gasteiger partial charge in [-0.3, -0.25) is 9.78 Å². The molecular formula is C14H11N5O2S. The SMILES string of the molecule is O=C(C=C(O)c1nn[nH]n1)c1cscc1Cc1ccccn1. The zero-order chi connectivity index (χ0) is 15.4. The maximum absolute atomic E-state index is 12.3. The summed E-state index contributed by atoms with van der Waals surface area (Å²) in [5.41, 5.74) is 2.28. The van der Waals surface area contributed by atoms with Crippen molar-refractivity contribution in [2.75, 3.05) is 0 Å². The van der Waals surface area contributed by atoms with Crippen LogP contribution in [0.4, 0.5) is 0 Å². The van der Waals surface area contributed by atoms with Crippen LogP contribution in [0.15, 0.2) is 41.2 Å². The lowest BCUT2D eigenvalue weighted by Gasteiger charge is -2.01. The Balaban J connectivity index is 1.82. The highest BCUT2D eigenvalue weighted by atomic mass is 32.1. The Kier molecular flexibility index (Phi) is 4.01. The van der Waals surface area contributed by atoms with Crippen molar-refractivity contribution in [3.8, 4) is 0 Å². The highest BCUT2D eigenvalue weighted by molar-refractivity contribution is 7.08. The molecule has 0 saturated carbocycles. The molecule has 3 aromatic rings. The fourth-order valence-corrected chi connectivity index (χ4v) is 2.76. The molecule has 0 spiro atoms. The second kappa shape index (κ2) is 6.27. The summed E-state index contributed by atoms with van der Waals surface area (Å²) in [5.74, 6) is -0.655. The summed E-state index contributed by atoms with van der Waals surface area (Å²) in [6.45, 7) is 0. The maximum Gasteiger partial charge on any atom is 0.239 e. The quantitative estimate of drug-likeness (QED) is 0.424. The van der Waals surface area contributed by atoms with Crippen molar-refractivity contribution in [3.63, 3.8) is 0 Å². The fourth-order valence-electron chi connectivity index (χ4n) is 1.91. The number of H-pyrrole nitrogens is 1. The number of aliphatic hydroxyl groups excluding tert-OH is 1. The minimum absolute atomic E-state index is 0.0187. The number of aliphatic hydroxyl groups is 1. The number of hydrogen-bond donors (Lipinski definition) is 2. The van der Waals surface area contributed by atoms with Gasteiger partial charge in [-0.2, -0.15) is 16.6 Å². The van der Waals surface area contributed by atoms with Gasteiger partial charge >= 0.3 is 0 Å². The largest absolute Gasteiger partial charge is 0.504 e. The van der Waals surface area contributed by atoms with Gasteiger partial charge in [0.2, 0.25) is 5.82 Å². The van der Waals surface area contributed by atoms with Crippen LogP contribution in [0.1, 0.15) is 27.4 Å². The summed E-state index contributed by atoms with van der Waals surface area (Å²) in [4.78, 5) is 16.5. The van der Waals surface area contributed by atoms with Crippen molar-refractivity contribution < 1.29 is 9.90 Å². The lowest BCUT2D eigenvalue weighted by Crippen LogP contribution is -2.01. The number of allylic oxidation sites excluding steroid dienone is 1. The highest BCUT2D eigenvalue weighted by Crippen LogP contribution is 2.20. The van der Waals surface area contributed by atoms with E-state index in [-0.39, 0.29) is 17.4 Å². The number of hydrogen-bond acceptors (Lipinski definition) is 7. The molecule has 0 unspecified atom stereocenters. The predicted molar refractivity (Wildman–Crippen MR) is 80.5 cm³/mol. The van der Waals surface area contributed by atoms with Gasteiger partial charge in [0.25, 0.3) is 0 Å². The van der Waals surface area contributed by atoms with Crippen LogP contribution in [-0.4, -0.2) is 36.5 Å². The first kappa shape index (κ1) is 14.1. The molecule has 22 heavy (non-hydrogen) atoms. The molecule has 0 radical (unpaired) electrons. The van der Waals surface area contributed by atoms with Crippen LogP contribution in [0.2, 0.25) is 0 Å². The minimum atomic E-state index is -0.325. The molecule has 0 aliphatic heterocycles. The molecule has 7 nitrogen and oxygen atoms in total. The highest BCUT2D eigenvalue weighted by Gasteiger charge is 2.14. The second-order valence-corrected chi connectivity index (χ2v) is 5.18. The Bertz CT molecular complexity index is 796. The molecule has 3 aromatic heterocycles. The summed E-state index contributed by atoms with van der Waals surface area (Å²) in [5, 5.41) is 26.2. The number of carbonyl (C=O) groups is 1. The van der Waals surface area contributed by atoms with Gasteiger partial charge in [0.05, 0.1) is 0 Å². The van der Waals surface area contributed by atoms with E-state index in [1.807, 2.05) is 23.6 Å². The van der Waals surface area contributed by atoms with Gasteiger partial charge < -0.3 is 5.11 Å². The van der Waals surface area contributed by atoms with Crippen LogP contribution in [0.3, 0.4) is 0 Å². The lowest BCUT2D eigenvalue weighted by atomic mass is 10.0. The Morgan fingerprint density at radius 3 is 3.00 bits per heavy atom. The van der Waals surface area contributed by atoms with Gasteiger partial charge in [0.15, 0.2) is 11.5 Å². The number of thiophene rings is 1. The molecule has 0 aromatic carbocycles. The zero-order valence-electron chi connectivity index (χ0n) is 11.3. The molecule has 2 N–H and O–H groups in total. The summed E-state index contributed by atoms with van der Waals surface area (Å²) in [6, 6.07) is 5.64. The smallest absolute Gasteiger partial charge is 0.239 e. The first-order chi connectivity index (χ1) is 10.7. The number of ketones is 1. The molecule has 110 valence electrons. The van der Waals surface area contributed by atoms with E-state index < -0.39 is 0 Å². The van der Waals surface area contributed by atoms with Gasteiger partial charge in [0.1, 0.15) is 0 Å². The topological polar surface area (TPSA) is 105 Å². The van der Waals surface area contributed by atoms with Crippen molar-refractivity contribution >= 4 is 22.9 Å². The number of tetrazole rings is 1. The van der Waals surface area contributed by atoms with Crippen molar-refractivity contribution in [1.29, 1.82) is 0 Å². The second-order valence-electron chi connectivity index (χ2n) is 4.44. The molecule has 0 atom stereocenters. The minimum Gasteiger partial charge on any atom is -0.504 e. The summed E-state index contributed by atoms with van der Waals surface area (Å²) >= 11 is 1.43. The normalized spacial score (nSPS) is 11.5. The third-order valence-electron chi connectivity index (χ3n) is 2.95. The van der Waals surface area contributed by atoms with Crippen LogP contribution in [0.5, 0.6) is 0 Å². The van der Waals surface area contributed by atoms with E-state index >= 15 is 0 Å². The Hall–Kier alpha value is -2.87. The first-order valence-corrected chi connectivity index (χ1v) is 7.32. The van der Waals surface area contributed by atoms with Crippen molar-refractivity contribution in [2.24, 2.45) is 0 Å². The van der Waals surface area contributed by atoms with Crippen LogP contribution in [0.25, 0.3) is 5.76 Å². The van der Waals surface area contributed by atoms with Crippen LogP contribution in [-0.2, 0) is 6.42 Å². The first-order valence-electron chi connectivity index (χ1n) is 6.38. The van der Waals surface area contributed by atoms with Gasteiger partial charge in [-0.15, -0.1) is 10.2 Å². The zero-order valence-corrected chi connectivity index (χ0v) is 12.1.